The number of carbonyl (C=O) groups excluding carboxylic acids is 1. The fraction of sp³-hybridized carbons (Fsp3) is 0.889. The quantitative estimate of drug-likeness (QED) is 0.505. The van der Waals surface area contributed by atoms with Crippen LogP contribution in [0.5, 0.6) is 0 Å². The van der Waals surface area contributed by atoms with Crippen LogP contribution in [0.1, 0.15) is 45.4 Å². The lowest BCUT2D eigenvalue weighted by molar-refractivity contribution is -0.123. The SMILES string of the molecule is C[C@@H]1CCCCCCC1=O. The molecule has 0 spiro atoms. The van der Waals surface area contributed by atoms with Crippen LogP contribution >= 0.6 is 0 Å². The summed E-state index contributed by atoms with van der Waals surface area (Å²) in [6, 6.07) is 0. The molecule has 1 aliphatic rings. The Balaban J connectivity index is 2.35. The van der Waals surface area contributed by atoms with Crippen molar-refractivity contribution in [3.63, 3.8) is 0 Å². The predicted molar refractivity (Wildman–Crippen MR) is 41.9 cm³/mol. The number of hydrogen-bond donors (Lipinski definition) is 0. The average Bonchev–Trinajstić information content (AvgIpc) is 1.92. The van der Waals surface area contributed by atoms with Gasteiger partial charge < -0.3 is 0 Å². The van der Waals surface area contributed by atoms with Gasteiger partial charge in [-0.25, -0.2) is 0 Å². The largest absolute Gasteiger partial charge is 0.299 e. The Morgan fingerprint density at radius 1 is 1.20 bits per heavy atom. The van der Waals surface area contributed by atoms with Gasteiger partial charge in [0, 0.05) is 12.3 Å². The van der Waals surface area contributed by atoms with Gasteiger partial charge in [0.05, 0.1) is 0 Å². The maximum Gasteiger partial charge on any atom is 0.135 e. The molecule has 0 aromatic rings. The van der Waals surface area contributed by atoms with Crippen molar-refractivity contribution in [3.8, 4) is 0 Å². The Morgan fingerprint density at radius 3 is 2.70 bits per heavy atom. The minimum atomic E-state index is 0.347. The molecule has 1 fully saturated rings. The lowest BCUT2D eigenvalue weighted by atomic mass is 9.92. The third-order valence-corrected chi connectivity index (χ3v) is 2.36. The van der Waals surface area contributed by atoms with Crippen molar-refractivity contribution in [2.75, 3.05) is 0 Å². The van der Waals surface area contributed by atoms with Gasteiger partial charge in [0.1, 0.15) is 5.78 Å². The molecular weight excluding hydrogens is 124 g/mol. The van der Waals surface area contributed by atoms with Gasteiger partial charge in [-0.05, 0) is 12.8 Å². The van der Waals surface area contributed by atoms with Crippen molar-refractivity contribution in [3.05, 3.63) is 0 Å². The summed E-state index contributed by atoms with van der Waals surface area (Å²) in [5, 5.41) is 0. The van der Waals surface area contributed by atoms with E-state index in [-0.39, 0.29) is 0 Å². The lowest BCUT2D eigenvalue weighted by Crippen LogP contribution is -2.12. The standard InChI is InChI=1S/C9H16O/c1-8-6-4-2-3-5-7-9(8)10/h8H,2-7H2,1H3/t8-/m1/s1. The first-order valence-electron chi connectivity index (χ1n) is 4.33. The highest BCUT2D eigenvalue weighted by atomic mass is 16.1. The van der Waals surface area contributed by atoms with Crippen molar-refractivity contribution in [1.82, 2.24) is 0 Å². The molecule has 0 radical (unpaired) electrons. The van der Waals surface area contributed by atoms with E-state index in [1.54, 1.807) is 0 Å². The fourth-order valence-corrected chi connectivity index (χ4v) is 1.51. The number of Topliss-reactive ketones (excluding diaryl/α,β-unsaturated/α-hetero) is 1. The van der Waals surface area contributed by atoms with E-state index in [0.29, 0.717) is 11.7 Å². The van der Waals surface area contributed by atoms with Crippen molar-refractivity contribution < 1.29 is 4.79 Å². The highest BCUT2D eigenvalue weighted by Crippen LogP contribution is 2.18. The van der Waals surface area contributed by atoms with Crippen LogP contribution in [-0.4, -0.2) is 5.78 Å². The molecule has 0 heterocycles. The number of rotatable bonds is 0. The molecule has 0 amide bonds. The zero-order valence-electron chi connectivity index (χ0n) is 6.73. The monoisotopic (exact) mass is 140 g/mol. The van der Waals surface area contributed by atoms with Crippen molar-refractivity contribution >= 4 is 5.78 Å². The Labute approximate surface area is 62.8 Å². The summed E-state index contributed by atoms with van der Waals surface area (Å²) in [4.78, 5) is 11.2. The summed E-state index contributed by atoms with van der Waals surface area (Å²) in [6.07, 6.45) is 6.94. The molecule has 1 nitrogen and oxygen atoms in total. The summed E-state index contributed by atoms with van der Waals surface area (Å²) < 4.78 is 0. The maximum absolute atomic E-state index is 11.2. The molecule has 0 aromatic heterocycles. The van der Waals surface area contributed by atoms with Gasteiger partial charge in [-0.3, -0.25) is 4.79 Å². The maximum atomic E-state index is 11.2. The van der Waals surface area contributed by atoms with Gasteiger partial charge >= 0.3 is 0 Å². The third kappa shape index (κ3) is 2.13. The molecule has 0 unspecified atom stereocenters. The van der Waals surface area contributed by atoms with E-state index in [1.807, 2.05) is 0 Å². The molecule has 0 aromatic carbocycles. The first kappa shape index (κ1) is 7.77. The topological polar surface area (TPSA) is 17.1 Å². The first-order valence-corrected chi connectivity index (χ1v) is 4.33. The number of hydrogen-bond acceptors (Lipinski definition) is 1. The van der Waals surface area contributed by atoms with Crippen LogP contribution in [0.4, 0.5) is 0 Å². The lowest BCUT2D eigenvalue weighted by Gasteiger charge is -2.13. The van der Waals surface area contributed by atoms with Gasteiger partial charge in [-0.15, -0.1) is 0 Å². The van der Waals surface area contributed by atoms with Crippen LogP contribution in [0.2, 0.25) is 0 Å². The zero-order valence-corrected chi connectivity index (χ0v) is 6.73. The van der Waals surface area contributed by atoms with Crippen molar-refractivity contribution in [1.29, 1.82) is 0 Å². The molecule has 1 atom stereocenters. The van der Waals surface area contributed by atoms with E-state index in [9.17, 15) is 4.79 Å². The molecule has 0 aliphatic heterocycles. The normalized spacial score (nSPS) is 29.3. The number of carbonyl (C=O) groups is 1. The molecule has 1 aliphatic carbocycles. The fourth-order valence-electron chi connectivity index (χ4n) is 1.51. The molecule has 10 heavy (non-hydrogen) atoms. The highest BCUT2D eigenvalue weighted by Gasteiger charge is 2.13. The Morgan fingerprint density at radius 2 is 1.90 bits per heavy atom. The van der Waals surface area contributed by atoms with Crippen LogP contribution in [0.15, 0.2) is 0 Å². The van der Waals surface area contributed by atoms with Gasteiger partial charge in [0.2, 0.25) is 0 Å². The second kappa shape index (κ2) is 3.75. The summed E-state index contributed by atoms with van der Waals surface area (Å²) in [7, 11) is 0. The van der Waals surface area contributed by atoms with E-state index >= 15 is 0 Å². The smallest absolute Gasteiger partial charge is 0.135 e. The molecule has 58 valence electrons. The molecule has 1 heteroatoms. The van der Waals surface area contributed by atoms with Gasteiger partial charge in [-0.2, -0.15) is 0 Å². The van der Waals surface area contributed by atoms with Crippen LogP contribution in [0, 0.1) is 5.92 Å². The molecule has 0 saturated heterocycles. The Kier molecular flexibility index (Phi) is 2.91. The molecule has 1 rings (SSSR count). The highest BCUT2D eigenvalue weighted by molar-refractivity contribution is 5.80. The molecule has 0 bridgehead atoms. The Bertz CT molecular complexity index is 118. The molecule has 0 N–H and O–H groups in total. The van der Waals surface area contributed by atoms with Crippen LogP contribution in [0.3, 0.4) is 0 Å². The van der Waals surface area contributed by atoms with Gasteiger partial charge in [-0.1, -0.05) is 26.2 Å². The summed E-state index contributed by atoms with van der Waals surface area (Å²) in [5.41, 5.74) is 0. The van der Waals surface area contributed by atoms with E-state index < -0.39 is 0 Å². The second-order valence-corrected chi connectivity index (χ2v) is 3.32. The van der Waals surface area contributed by atoms with Crippen LogP contribution in [-0.2, 0) is 4.79 Å². The van der Waals surface area contributed by atoms with Crippen molar-refractivity contribution in [2.24, 2.45) is 5.92 Å². The van der Waals surface area contributed by atoms with Gasteiger partial charge in [0.25, 0.3) is 0 Å². The molecular formula is C9H16O. The minimum absolute atomic E-state index is 0.347. The first-order chi connectivity index (χ1) is 4.80. The van der Waals surface area contributed by atoms with Crippen molar-refractivity contribution in [2.45, 2.75) is 45.4 Å². The Hall–Kier alpha value is -0.330. The van der Waals surface area contributed by atoms with Gasteiger partial charge in [0.15, 0.2) is 0 Å². The molecule has 1 saturated carbocycles. The summed E-state index contributed by atoms with van der Waals surface area (Å²) in [6.45, 7) is 2.06. The third-order valence-electron chi connectivity index (χ3n) is 2.36. The zero-order chi connectivity index (χ0) is 7.40. The van der Waals surface area contributed by atoms with Crippen LogP contribution in [0.25, 0.3) is 0 Å². The van der Waals surface area contributed by atoms with E-state index in [2.05, 4.69) is 6.92 Å². The van der Waals surface area contributed by atoms with Crippen LogP contribution < -0.4 is 0 Å². The van der Waals surface area contributed by atoms with E-state index in [0.717, 1.165) is 19.3 Å². The summed E-state index contributed by atoms with van der Waals surface area (Å²) >= 11 is 0. The predicted octanol–water partition coefficient (Wildman–Crippen LogP) is 2.55. The minimum Gasteiger partial charge on any atom is -0.299 e. The van der Waals surface area contributed by atoms with E-state index in [4.69, 9.17) is 0 Å². The van der Waals surface area contributed by atoms with E-state index in [1.165, 1.54) is 19.3 Å². The number of ketones is 1. The second-order valence-electron chi connectivity index (χ2n) is 3.32. The average molecular weight is 140 g/mol. The summed E-state index contributed by atoms with van der Waals surface area (Å²) in [5.74, 6) is 0.833.